The number of nitrogens with zero attached hydrogens (tertiary/aromatic N) is 1. The summed E-state index contributed by atoms with van der Waals surface area (Å²) in [6.07, 6.45) is 0.905. The van der Waals surface area contributed by atoms with Crippen molar-refractivity contribution in [2.75, 3.05) is 18.4 Å². The van der Waals surface area contributed by atoms with Gasteiger partial charge in [-0.25, -0.2) is 8.42 Å². The molecule has 0 bridgehead atoms. The second-order valence-corrected chi connectivity index (χ2v) is 7.78. The molecule has 1 N–H and O–H groups in total. The molecule has 0 saturated heterocycles. The minimum atomic E-state index is -3.52. The number of hydrogen-bond donors (Lipinski definition) is 1. The molecule has 1 saturated carbocycles. The first-order chi connectivity index (χ1) is 10.3. The highest BCUT2D eigenvalue weighted by atomic mass is 32.2. The molecule has 22 heavy (non-hydrogen) atoms. The van der Waals surface area contributed by atoms with Crippen molar-refractivity contribution in [3.8, 4) is 0 Å². The van der Waals surface area contributed by atoms with Gasteiger partial charge in [0.05, 0.1) is 4.90 Å². The normalized spacial score (nSPS) is 21.0. The summed E-state index contributed by atoms with van der Waals surface area (Å²) >= 11 is 0. The number of nitrogens with one attached hydrogen (secondary N) is 1. The molecular weight excluding hydrogens is 300 g/mol. The van der Waals surface area contributed by atoms with E-state index in [1.54, 1.807) is 25.1 Å². The van der Waals surface area contributed by atoms with E-state index in [0.29, 0.717) is 30.3 Å². The van der Waals surface area contributed by atoms with Crippen molar-refractivity contribution in [1.29, 1.82) is 0 Å². The van der Waals surface area contributed by atoms with E-state index in [4.69, 9.17) is 0 Å². The summed E-state index contributed by atoms with van der Waals surface area (Å²) in [5, 5.41) is 2.83. The van der Waals surface area contributed by atoms with Gasteiger partial charge < -0.3 is 5.32 Å². The highest BCUT2D eigenvalue weighted by Gasteiger charge is 2.39. The molecule has 1 aliphatic rings. The largest absolute Gasteiger partial charge is 0.326 e. The Morgan fingerprint density at radius 3 is 2.41 bits per heavy atom. The fourth-order valence-electron chi connectivity index (χ4n) is 2.58. The van der Waals surface area contributed by atoms with E-state index < -0.39 is 10.0 Å². The fraction of sp³-hybridized carbons (Fsp3) is 0.562. The predicted molar refractivity (Wildman–Crippen MR) is 87.2 cm³/mol. The van der Waals surface area contributed by atoms with Crippen LogP contribution < -0.4 is 5.32 Å². The molecule has 1 aromatic carbocycles. The Bertz CT molecular complexity index is 666. The van der Waals surface area contributed by atoms with Crippen molar-refractivity contribution >= 4 is 21.6 Å². The van der Waals surface area contributed by atoms with Crippen LogP contribution in [0.1, 0.15) is 32.8 Å². The molecule has 122 valence electrons. The fourth-order valence-corrected chi connectivity index (χ4v) is 4.29. The average Bonchev–Trinajstić information content (AvgIpc) is 3.19. The first-order valence-electron chi connectivity index (χ1n) is 7.72. The van der Waals surface area contributed by atoms with Gasteiger partial charge in [-0.3, -0.25) is 4.79 Å². The first kappa shape index (κ1) is 17.0. The molecule has 1 aliphatic carbocycles. The summed E-state index contributed by atoms with van der Waals surface area (Å²) in [5.74, 6) is 0.455. The third-order valence-electron chi connectivity index (χ3n) is 4.23. The lowest BCUT2D eigenvalue weighted by Crippen LogP contribution is -2.31. The molecule has 5 nitrogen and oxygen atoms in total. The van der Waals surface area contributed by atoms with E-state index >= 15 is 0 Å². The van der Waals surface area contributed by atoms with Gasteiger partial charge in [-0.05, 0) is 37.0 Å². The Labute approximate surface area is 132 Å². The van der Waals surface area contributed by atoms with E-state index in [2.05, 4.69) is 5.32 Å². The van der Waals surface area contributed by atoms with E-state index in [-0.39, 0.29) is 16.7 Å². The third kappa shape index (κ3) is 3.33. The number of carbonyl (C=O) groups is 1. The van der Waals surface area contributed by atoms with Crippen molar-refractivity contribution in [1.82, 2.24) is 4.31 Å². The summed E-state index contributed by atoms with van der Waals surface area (Å²) in [5.41, 5.74) is 1.23. The Balaban J connectivity index is 2.29. The van der Waals surface area contributed by atoms with Crippen molar-refractivity contribution in [2.24, 2.45) is 11.8 Å². The van der Waals surface area contributed by atoms with E-state index in [0.717, 1.165) is 6.42 Å². The van der Waals surface area contributed by atoms with Gasteiger partial charge in [0.1, 0.15) is 0 Å². The lowest BCUT2D eigenvalue weighted by molar-refractivity contribution is -0.117. The van der Waals surface area contributed by atoms with Crippen LogP contribution in [0.4, 0.5) is 5.69 Å². The molecule has 0 spiro atoms. The zero-order valence-electron chi connectivity index (χ0n) is 13.6. The van der Waals surface area contributed by atoms with Crippen molar-refractivity contribution in [3.63, 3.8) is 0 Å². The molecule has 0 radical (unpaired) electrons. The summed E-state index contributed by atoms with van der Waals surface area (Å²) in [4.78, 5) is 12.3. The number of anilines is 1. The first-order valence-corrected chi connectivity index (χ1v) is 9.16. The predicted octanol–water partition coefficient (Wildman–Crippen LogP) is 2.62. The quantitative estimate of drug-likeness (QED) is 0.874. The zero-order valence-corrected chi connectivity index (χ0v) is 14.4. The second kappa shape index (κ2) is 6.38. The molecule has 1 fully saturated rings. The summed E-state index contributed by atoms with van der Waals surface area (Å²) in [7, 11) is -3.52. The minimum Gasteiger partial charge on any atom is -0.326 e. The van der Waals surface area contributed by atoms with E-state index in [9.17, 15) is 13.2 Å². The highest BCUT2D eigenvalue weighted by molar-refractivity contribution is 7.89. The number of hydrogen-bond acceptors (Lipinski definition) is 3. The Hall–Kier alpha value is -1.40. The molecule has 1 amide bonds. The Morgan fingerprint density at radius 1 is 1.32 bits per heavy atom. The van der Waals surface area contributed by atoms with Crippen molar-refractivity contribution < 1.29 is 13.2 Å². The molecule has 2 rings (SSSR count). The van der Waals surface area contributed by atoms with Gasteiger partial charge in [0.15, 0.2) is 0 Å². The Morgan fingerprint density at radius 2 is 1.91 bits per heavy atom. The molecule has 0 aliphatic heterocycles. The van der Waals surface area contributed by atoms with Gasteiger partial charge in [-0.2, -0.15) is 4.31 Å². The van der Waals surface area contributed by atoms with E-state index in [1.807, 2.05) is 20.8 Å². The number of sulfonamides is 1. The van der Waals surface area contributed by atoms with Gasteiger partial charge in [-0.15, -0.1) is 0 Å². The minimum absolute atomic E-state index is 0.0254. The number of amides is 1. The molecule has 0 heterocycles. The molecule has 2 atom stereocenters. The van der Waals surface area contributed by atoms with Crippen LogP contribution in [-0.4, -0.2) is 31.7 Å². The molecule has 0 aromatic heterocycles. The number of rotatable bonds is 6. The maximum atomic E-state index is 12.7. The van der Waals surface area contributed by atoms with Crippen LogP contribution in [0.25, 0.3) is 0 Å². The van der Waals surface area contributed by atoms with Crippen LogP contribution >= 0.6 is 0 Å². The lowest BCUT2D eigenvalue weighted by atomic mass is 10.2. The standard InChI is InChI=1S/C16H24N2O3S/c1-5-18(6-2)22(20,21)15-10-13(8-7-11(15)3)17-16(19)14-9-12(14)4/h7-8,10,12,14H,5-6,9H2,1-4H3,(H,17,19)/t12-,14+/m0/s1. The second-order valence-electron chi connectivity index (χ2n) is 5.88. The van der Waals surface area contributed by atoms with Crippen LogP contribution in [-0.2, 0) is 14.8 Å². The molecule has 0 unspecified atom stereocenters. The van der Waals surface area contributed by atoms with Gasteiger partial charge in [0.25, 0.3) is 0 Å². The van der Waals surface area contributed by atoms with Crippen molar-refractivity contribution in [3.05, 3.63) is 23.8 Å². The van der Waals surface area contributed by atoms with Gasteiger partial charge in [0, 0.05) is 24.7 Å². The highest BCUT2D eigenvalue weighted by Crippen LogP contribution is 2.38. The topological polar surface area (TPSA) is 66.5 Å². The maximum Gasteiger partial charge on any atom is 0.243 e. The number of carbonyl (C=O) groups excluding carboxylic acids is 1. The SMILES string of the molecule is CCN(CC)S(=O)(=O)c1cc(NC(=O)[C@@H]2C[C@@H]2C)ccc1C. The number of aryl methyl sites for hydroxylation is 1. The monoisotopic (exact) mass is 324 g/mol. The molecule has 1 aromatic rings. The van der Waals surface area contributed by atoms with Gasteiger partial charge >= 0.3 is 0 Å². The maximum absolute atomic E-state index is 12.7. The van der Waals surface area contributed by atoms with Crippen molar-refractivity contribution in [2.45, 2.75) is 39.0 Å². The smallest absolute Gasteiger partial charge is 0.243 e. The molecule has 6 heteroatoms. The van der Waals surface area contributed by atoms with Gasteiger partial charge in [-0.1, -0.05) is 26.8 Å². The third-order valence-corrected chi connectivity index (χ3v) is 6.42. The summed E-state index contributed by atoms with van der Waals surface area (Å²) in [6, 6.07) is 5.05. The molecular formula is C16H24N2O3S. The van der Waals surface area contributed by atoms with E-state index in [1.165, 1.54) is 4.31 Å². The zero-order chi connectivity index (χ0) is 16.5. The van der Waals surface area contributed by atoms with Crippen LogP contribution in [0.5, 0.6) is 0 Å². The van der Waals surface area contributed by atoms with Crippen LogP contribution in [0.15, 0.2) is 23.1 Å². The lowest BCUT2D eigenvalue weighted by Gasteiger charge is -2.20. The Kier molecular flexibility index (Phi) is 4.92. The summed E-state index contributed by atoms with van der Waals surface area (Å²) < 4.78 is 26.8. The average molecular weight is 324 g/mol. The number of benzene rings is 1. The van der Waals surface area contributed by atoms with Crippen LogP contribution in [0.2, 0.25) is 0 Å². The van der Waals surface area contributed by atoms with Gasteiger partial charge in [0.2, 0.25) is 15.9 Å². The van der Waals surface area contributed by atoms with Crippen LogP contribution in [0.3, 0.4) is 0 Å². The van der Waals surface area contributed by atoms with Crippen LogP contribution in [0, 0.1) is 18.8 Å². The summed E-state index contributed by atoms with van der Waals surface area (Å²) in [6.45, 7) is 8.29.